The molecule has 4 nitrogen and oxygen atoms in total. The van der Waals surface area contributed by atoms with Gasteiger partial charge in [-0.25, -0.2) is 4.99 Å². The first-order valence-corrected chi connectivity index (χ1v) is 10.8. The second kappa shape index (κ2) is 7.91. The van der Waals surface area contributed by atoms with Crippen molar-refractivity contribution in [3.63, 3.8) is 0 Å². The second-order valence-corrected chi connectivity index (χ2v) is 8.51. The molecule has 1 aliphatic heterocycles. The van der Waals surface area contributed by atoms with Gasteiger partial charge in [0.1, 0.15) is 0 Å². The molecule has 0 unspecified atom stereocenters. The van der Waals surface area contributed by atoms with Crippen LogP contribution < -0.4 is 0 Å². The number of carbonyl (C=O) groups is 1. The van der Waals surface area contributed by atoms with Crippen molar-refractivity contribution >= 4 is 45.5 Å². The standard InChI is InChI=1S/C24H25N3OS/c1-5-26-15-18(20-8-6-7-9-21(20)26)14-22-23(28)27(16(2)3)24(29-22)25-19-12-10-17(4)11-13-19/h6-16H,5H2,1-4H3/b22-14+,25-24?. The first-order valence-electron chi connectivity index (χ1n) is 9.94. The van der Waals surface area contributed by atoms with Gasteiger partial charge < -0.3 is 4.57 Å². The minimum atomic E-state index is 0.0178. The van der Waals surface area contributed by atoms with Crippen molar-refractivity contribution in [3.8, 4) is 0 Å². The summed E-state index contributed by atoms with van der Waals surface area (Å²) in [5.74, 6) is 0.0178. The SMILES string of the molecule is CCn1cc(/C=C2/SC(=Nc3ccc(C)cc3)N(C(C)C)C2=O)c2ccccc21. The zero-order valence-electron chi connectivity index (χ0n) is 17.2. The molecule has 1 aliphatic rings. The molecule has 0 bridgehead atoms. The molecule has 0 atom stereocenters. The lowest BCUT2D eigenvalue weighted by molar-refractivity contribution is -0.123. The number of amides is 1. The van der Waals surface area contributed by atoms with Crippen LogP contribution in [0, 0.1) is 6.92 Å². The Hall–Kier alpha value is -2.79. The maximum Gasteiger partial charge on any atom is 0.266 e. The van der Waals surface area contributed by atoms with E-state index >= 15 is 0 Å². The highest BCUT2D eigenvalue weighted by Gasteiger charge is 2.35. The van der Waals surface area contributed by atoms with E-state index in [-0.39, 0.29) is 11.9 Å². The van der Waals surface area contributed by atoms with Gasteiger partial charge in [-0.15, -0.1) is 0 Å². The molecule has 0 radical (unpaired) electrons. The molecule has 0 aliphatic carbocycles. The monoisotopic (exact) mass is 403 g/mol. The Balaban J connectivity index is 1.76. The maximum absolute atomic E-state index is 13.2. The number of aliphatic imine (C=N–C) groups is 1. The number of thioether (sulfide) groups is 1. The Labute approximate surface area is 175 Å². The molecule has 0 N–H and O–H groups in total. The van der Waals surface area contributed by atoms with Crippen molar-refractivity contribution in [1.29, 1.82) is 0 Å². The lowest BCUT2D eigenvalue weighted by atomic mass is 10.1. The van der Waals surface area contributed by atoms with Gasteiger partial charge in [-0.1, -0.05) is 35.9 Å². The van der Waals surface area contributed by atoms with Gasteiger partial charge in [0.15, 0.2) is 5.17 Å². The smallest absolute Gasteiger partial charge is 0.266 e. The molecule has 1 fully saturated rings. The molecule has 2 aromatic carbocycles. The largest absolute Gasteiger partial charge is 0.347 e. The summed E-state index contributed by atoms with van der Waals surface area (Å²) in [6, 6.07) is 16.4. The van der Waals surface area contributed by atoms with Crippen molar-refractivity contribution in [1.82, 2.24) is 9.47 Å². The third kappa shape index (κ3) is 3.75. The van der Waals surface area contributed by atoms with Gasteiger partial charge in [-0.2, -0.15) is 0 Å². The minimum absolute atomic E-state index is 0.0178. The van der Waals surface area contributed by atoms with Gasteiger partial charge in [0.25, 0.3) is 5.91 Å². The van der Waals surface area contributed by atoms with E-state index in [4.69, 9.17) is 4.99 Å². The average Bonchev–Trinajstić information content (AvgIpc) is 3.21. The molecular formula is C24H25N3OS. The number of nitrogens with zero attached hydrogens (tertiary/aromatic N) is 3. The first-order chi connectivity index (χ1) is 14.0. The second-order valence-electron chi connectivity index (χ2n) is 7.50. The van der Waals surface area contributed by atoms with Gasteiger partial charge in [-0.3, -0.25) is 9.69 Å². The summed E-state index contributed by atoms with van der Waals surface area (Å²) in [5.41, 5.74) is 4.31. The van der Waals surface area contributed by atoms with Crippen LogP contribution in [-0.2, 0) is 11.3 Å². The molecule has 148 valence electrons. The number of rotatable bonds is 4. The predicted octanol–water partition coefficient (Wildman–Crippen LogP) is 5.98. The number of amidine groups is 1. The van der Waals surface area contributed by atoms with E-state index in [9.17, 15) is 4.79 Å². The van der Waals surface area contributed by atoms with Crippen molar-refractivity contribution in [2.45, 2.75) is 40.3 Å². The highest BCUT2D eigenvalue weighted by atomic mass is 32.2. The van der Waals surface area contributed by atoms with Crippen LogP contribution in [-0.4, -0.2) is 26.6 Å². The van der Waals surface area contributed by atoms with Gasteiger partial charge in [-0.05, 0) is 63.7 Å². The average molecular weight is 404 g/mol. The number of para-hydroxylation sites is 1. The fourth-order valence-electron chi connectivity index (χ4n) is 3.54. The van der Waals surface area contributed by atoms with Crippen molar-refractivity contribution < 1.29 is 4.79 Å². The number of aryl methyl sites for hydroxylation is 2. The number of carbonyl (C=O) groups excluding carboxylic acids is 1. The van der Waals surface area contributed by atoms with E-state index in [0.717, 1.165) is 28.3 Å². The number of aromatic nitrogens is 1. The summed E-state index contributed by atoms with van der Waals surface area (Å²) in [4.78, 5) is 20.4. The minimum Gasteiger partial charge on any atom is -0.347 e. The van der Waals surface area contributed by atoms with Crippen LogP contribution in [0.15, 0.2) is 64.6 Å². The Bertz CT molecular complexity index is 1120. The Morgan fingerprint density at radius 3 is 2.52 bits per heavy atom. The first kappa shape index (κ1) is 19.5. The third-order valence-electron chi connectivity index (χ3n) is 5.06. The molecule has 1 aromatic heterocycles. The van der Waals surface area contributed by atoms with E-state index in [0.29, 0.717) is 4.91 Å². The topological polar surface area (TPSA) is 37.6 Å². The molecule has 3 aromatic rings. The molecule has 29 heavy (non-hydrogen) atoms. The summed E-state index contributed by atoms with van der Waals surface area (Å²) in [7, 11) is 0. The quantitative estimate of drug-likeness (QED) is 0.502. The Morgan fingerprint density at radius 1 is 1.10 bits per heavy atom. The zero-order chi connectivity index (χ0) is 20.5. The van der Waals surface area contributed by atoms with E-state index in [2.05, 4.69) is 36.7 Å². The number of hydrogen-bond acceptors (Lipinski definition) is 3. The molecule has 5 heteroatoms. The fourth-order valence-corrected chi connectivity index (χ4v) is 4.65. The molecule has 2 heterocycles. The molecule has 1 saturated heterocycles. The van der Waals surface area contributed by atoms with Gasteiger partial charge in [0.05, 0.1) is 10.6 Å². The number of fused-ring (bicyclic) bond motifs is 1. The van der Waals surface area contributed by atoms with E-state index in [1.807, 2.05) is 56.3 Å². The highest BCUT2D eigenvalue weighted by Crippen LogP contribution is 2.36. The lowest BCUT2D eigenvalue weighted by Crippen LogP contribution is -2.35. The van der Waals surface area contributed by atoms with Crippen molar-refractivity contribution in [3.05, 3.63) is 70.8 Å². The molecule has 1 amide bonds. The molecular weight excluding hydrogens is 378 g/mol. The van der Waals surface area contributed by atoms with Crippen LogP contribution in [0.2, 0.25) is 0 Å². The van der Waals surface area contributed by atoms with Crippen LogP contribution in [0.5, 0.6) is 0 Å². The van der Waals surface area contributed by atoms with Crippen LogP contribution in [0.4, 0.5) is 5.69 Å². The zero-order valence-corrected chi connectivity index (χ0v) is 18.0. The molecule has 0 spiro atoms. The van der Waals surface area contributed by atoms with Gasteiger partial charge in [0, 0.05) is 35.2 Å². The molecule has 0 saturated carbocycles. The summed E-state index contributed by atoms with van der Waals surface area (Å²) in [5, 5.41) is 1.90. The molecule has 4 rings (SSSR count). The van der Waals surface area contributed by atoms with Crippen LogP contribution >= 0.6 is 11.8 Å². The van der Waals surface area contributed by atoms with E-state index in [1.165, 1.54) is 22.8 Å². The number of hydrogen-bond donors (Lipinski definition) is 0. The summed E-state index contributed by atoms with van der Waals surface area (Å²) in [6.07, 6.45) is 4.13. The Morgan fingerprint density at radius 2 is 1.83 bits per heavy atom. The third-order valence-corrected chi connectivity index (χ3v) is 6.04. The summed E-state index contributed by atoms with van der Waals surface area (Å²) < 4.78 is 2.22. The summed E-state index contributed by atoms with van der Waals surface area (Å²) >= 11 is 1.45. The fraction of sp³-hybridized carbons (Fsp3) is 0.250. The van der Waals surface area contributed by atoms with E-state index < -0.39 is 0 Å². The van der Waals surface area contributed by atoms with Gasteiger partial charge in [0.2, 0.25) is 0 Å². The number of benzene rings is 2. The lowest BCUT2D eigenvalue weighted by Gasteiger charge is -2.19. The van der Waals surface area contributed by atoms with Crippen molar-refractivity contribution in [2.24, 2.45) is 4.99 Å². The van der Waals surface area contributed by atoms with Crippen LogP contribution in [0.1, 0.15) is 31.9 Å². The maximum atomic E-state index is 13.2. The van der Waals surface area contributed by atoms with E-state index in [1.54, 1.807) is 4.90 Å². The summed E-state index contributed by atoms with van der Waals surface area (Å²) in [6.45, 7) is 9.12. The van der Waals surface area contributed by atoms with Crippen LogP contribution in [0.3, 0.4) is 0 Å². The van der Waals surface area contributed by atoms with Crippen molar-refractivity contribution in [2.75, 3.05) is 0 Å². The Kier molecular flexibility index (Phi) is 5.33. The van der Waals surface area contributed by atoms with Gasteiger partial charge >= 0.3 is 0 Å². The highest BCUT2D eigenvalue weighted by molar-refractivity contribution is 8.18. The normalized spacial score (nSPS) is 17.4. The predicted molar refractivity (Wildman–Crippen MR) is 123 cm³/mol. The van der Waals surface area contributed by atoms with Crippen LogP contribution in [0.25, 0.3) is 17.0 Å².